The number of nitrogens with one attached hydrogen (secondary N) is 1. The molecule has 182 valence electrons. The highest BCUT2D eigenvalue weighted by molar-refractivity contribution is 6.00. The van der Waals surface area contributed by atoms with Crippen molar-refractivity contribution in [3.63, 3.8) is 0 Å². The molecule has 4 rings (SSSR count). The van der Waals surface area contributed by atoms with Crippen LogP contribution in [0.1, 0.15) is 68.7 Å². The van der Waals surface area contributed by atoms with Gasteiger partial charge in [0.1, 0.15) is 11.2 Å². The smallest absolute Gasteiger partial charge is 0.340 e. The maximum atomic E-state index is 12.8. The molecule has 2 N–H and O–H groups in total. The molecule has 0 saturated heterocycles. The molecule has 1 aromatic carbocycles. The van der Waals surface area contributed by atoms with Gasteiger partial charge in [-0.1, -0.05) is 20.8 Å². The van der Waals surface area contributed by atoms with Gasteiger partial charge in [-0.3, -0.25) is 9.59 Å². The van der Waals surface area contributed by atoms with Gasteiger partial charge in [0.2, 0.25) is 5.91 Å². The minimum atomic E-state index is -0.737. The van der Waals surface area contributed by atoms with Gasteiger partial charge in [-0.2, -0.15) is 0 Å². The van der Waals surface area contributed by atoms with Crippen LogP contribution in [0.15, 0.2) is 26.0 Å². The first kappa shape index (κ1) is 24.0. The lowest BCUT2D eigenvalue weighted by Gasteiger charge is -2.26. The molecule has 0 spiro atoms. The second kappa shape index (κ2) is 8.93. The predicted molar refractivity (Wildman–Crippen MR) is 130 cm³/mol. The number of carbonyl (C=O) groups excluding carboxylic acids is 1. The molecule has 1 amide bonds. The Bertz CT molecular complexity index is 1320. The quantitative estimate of drug-likeness (QED) is 0.511. The van der Waals surface area contributed by atoms with E-state index in [4.69, 9.17) is 13.9 Å². The fourth-order valence-electron chi connectivity index (χ4n) is 5.08. The number of hydrogen-bond acceptors (Lipinski definition) is 5. The van der Waals surface area contributed by atoms with Crippen LogP contribution in [0.3, 0.4) is 0 Å². The van der Waals surface area contributed by atoms with Crippen LogP contribution in [-0.2, 0) is 21.4 Å². The van der Waals surface area contributed by atoms with E-state index in [1.165, 1.54) is 0 Å². The van der Waals surface area contributed by atoms with Gasteiger partial charge < -0.3 is 19.3 Å². The second-order valence-corrected chi connectivity index (χ2v) is 10.7. The number of carboxylic acid groups (broad SMARTS) is 1. The van der Waals surface area contributed by atoms with Crippen molar-refractivity contribution in [2.75, 3.05) is 6.54 Å². The maximum Gasteiger partial charge on any atom is 0.340 e. The lowest BCUT2D eigenvalue weighted by molar-refractivity contribution is -0.143. The Hall–Kier alpha value is -3.09. The van der Waals surface area contributed by atoms with Crippen molar-refractivity contribution in [3.05, 3.63) is 45.0 Å². The monoisotopic (exact) mass is 467 g/mol. The lowest BCUT2D eigenvalue weighted by atomic mass is 9.82. The molecule has 1 aliphatic carbocycles. The Morgan fingerprint density at radius 2 is 1.74 bits per heavy atom. The molecule has 1 fully saturated rings. The van der Waals surface area contributed by atoms with E-state index in [1.807, 2.05) is 19.9 Å². The SMILES string of the molecule is Cc1c(CC(=O)NCC2CCC(C(=O)O)CC2)c(=O)oc2c(C)c3occ(C(C)(C)C)c3cc12. The van der Waals surface area contributed by atoms with Gasteiger partial charge in [-0.05, 0) is 62.5 Å². The predicted octanol–water partition coefficient (Wildman–Crippen LogP) is 5.00. The Morgan fingerprint density at radius 1 is 1.06 bits per heavy atom. The van der Waals surface area contributed by atoms with Crippen LogP contribution < -0.4 is 10.9 Å². The summed E-state index contributed by atoms with van der Waals surface area (Å²) in [7, 11) is 0. The van der Waals surface area contributed by atoms with Gasteiger partial charge in [0.25, 0.3) is 0 Å². The molecule has 2 heterocycles. The molecular formula is C27H33NO6. The zero-order chi connectivity index (χ0) is 24.8. The highest BCUT2D eigenvalue weighted by Crippen LogP contribution is 2.37. The third-order valence-electron chi connectivity index (χ3n) is 7.27. The number of carbonyl (C=O) groups is 2. The van der Waals surface area contributed by atoms with E-state index < -0.39 is 11.6 Å². The molecule has 7 heteroatoms. The third-order valence-corrected chi connectivity index (χ3v) is 7.27. The molecule has 2 aromatic heterocycles. The number of carboxylic acids is 1. The molecule has 0 bridgehead atoms. The second-order valence-electron chi connectivity index (χ2n) is 10.7. The number of amides is 1. The van der Waals surface area contributed by atoms with Gasteiger partial charge >= 0.3 is 11.6 Å². The number of benzene rings is 1. The van der Waals surface area contributed by atoms with Gasteiger partial charge in [-0.15, -0.1) is 0 Å². The summed E-state index contributed by atoms with van der Waals surface area (Å²) in [6, 6.07) is 2.00. The van der Waals surface area contributed by atoms with Crippen LogP contribution in [0.5, 0.6) is 0 Å². The number of aliphatic carboxylic acids is 1. The fraction of sp³-hybridized carbons (Fsp3) is 0.519. The Kier molecular flexibility index (Phi) is 6.32. The van der Waals surface area contributed by atoms with Crippen molar-refractivity contribution >= 4 is 33.8 Å². The van der Waals surface area contributed by atoms with E-state index in [9.17, 15) is 14.4 Å². The Balaban J connectivity index is 1.57. The van der Waals surface area contributed by atoms with Crippen molar-refractivity contribution in [1.29, 1.82) is 0 Å². The van der Waals surface area contributed by atoms with Crippen molar-refractivity contribution in [2.24, 2.45) is 11.8 Å². The fourth-order valence-corrected chi connectivity index (χ4v) is 5.08. The van der Waals surface area contributed by atoms with Gasteiger partial charge in [0.05, 0.1) is 24.2 Å². The lowest BCUT2D eigenvalue weighted by Crippen LogP contribution is -2.34. The molecule has 34 heavy (non-hydrogen) atoms. The molecule has 1 saturated carbocycles. The number of aryl methyl sites for hydroxylation is 2. The van der Waals surface area contributed by atoms with Crippen LogP contribution in [-0.4, -0.2) is 23.5 Å². The maximum absolute atomic E-state index is 12.8. The number of hydrogen-bond donors (Lipinski definition) is 2. The summed E-state index contributed by atoms with van der Waals surface area (Å²) in [5.41, 5.74) is 3.54. The minimum Gasteiger partial charge on any atom is -0.481 e. The van der Waals surface area contributed by atoms with E-state index in [2.05, 4.69) is 26.1 Å². The van der Waals surface area contributed by atoms with Crippen molar-refractivity contribution in [2.45, 2.75) is 72.1 Å². The summed E-state index contributed by atoms with van der Waals surface area (Å²) in [5, 5.41) is 13.9. The molecule has 3 aromatic rings. The normalized spacial score (nSPS) is 19.0. The van der Waals surface area contributed by atoms with Crippen LogP contribution in [0, 0.1) is 25.7 Å². The zero-order valence-corrected chi connectivity index (χ0v) is 20.5. The topological polar surface area (TPSA) is 110 Å². The van der Waals surface area contributed by atoms with Crippen molar-refractivity contribution in [3.8, 4) is 0 Å². The molecule has 0 aliphatic heterocycles. The van der Waals surface area contributed by atoms with E-state index in [0.717, 1.165) is 40.3 Å². The first-order chi connectivity index (χ1) is 16.0. The van der Waals surface area contributed by atoms with Gasteiger partial charge in [0.15, 0.2) is 0 Å². The molecule has 0 unspecified atom stereocenters. The van der Waals surface area contributed by atoms with E-state index in [1.54, 1.807) is 6.26 Å². The molecular weight excluding hydrogens is 434 g/mol. The third kappa shape index (κ3) is 4.48. The molecule has 0 atom stereocenters. The van der Waals surface area contributed by atoms with E-state index in [-0.39, 0.29) is 29.6 Å². The summed E-state index contributed by atoms with van der Waals surface area (Å²) < 4.78 is 11.5. The number of furan rings is 1. The molecule has 7 nitrogen and oxygen atoms in total. The van der Waals surface area contributed by atoms with Crippen LogP contribution in [0.4, 0.5) is 0 Å². The molecule has 0 radical (unpaired) electrons. The number of rotatable bonds is 5. The highest BCUT2D eigenvalue weighted by Gasteiger charge is 2.27. The average Bonchev–Trinajstić information content (AvgIpc) is 3.21. The van der Waals surface area contributed by atoms with Gasteiger partial charge in [0, 0.05) is 28.4 Å². The summed E-state index contributed by atoms with van der Waals surface area (Å²) in [6.07, 6.45) is 4.56. The average molecular weight is 468 g/mol. The Labute approximate surface area is 198 Å². The van der Waals surface area contributed by atoms with E-state index >= 15 is 0 Å². The standard InChI is InChI=1S/C27H33NO6/c1-14-18-10-20-21(27(3,4)5)13-33-23(20)15(2)24(18)34-26(32)19(14)11-22(29)28-12-16-6-8-17(9-7-16)25(30)31/h10,13,16-17H,6-9,11-12H2,1-5H3,(H,28,29)(H,30,31). The Morgan fingerprint density at radius 3 is 2.35 bits per heavy atom. The first-order valence-corrected chi connectivity index (χ1v) is 11.9. The highest BCUT2D eigenvalue weighted by atomic mass is 16.4. The zero-order valence-electron chi connectivity index (χ0n) is 20.5. The summed E-state index contributed by atoms with van der Waals surface area (Å²) in [5.74, 6) is -0.979. The van der Waals surface area contributed by atoms with Crippen molar-refractivity contribution < 1.29 is 23.5 Å². The van der Waals surface area contributed by atoms with Gasteiger partial charge in [-0.25, -0.2) is 4.79 Å². The van der Waals surface area contributed by atoms with Crippen LogP contribution >= 0.6 is 0 Å². The van der Waals surface area contributed by atoms with Crippen LogP contribution in [0.25, 0.3) is 21.9 Å². The van der Waals surface area contributed by atoms with E-state index in [0.29, 0.717) is 36.1 Å². The summed E-state index contributed by atoms with van der Waals surface area (Å²) in [6.45, 7) is 10.6. The minimum absolute atomic E-state index is 0.0524. The molecule has 1 aliphatic rings. The number of fused-ring (bicyclic) bond motifs is 2. The largest absolute Gasteiger partial charge is 0.481 e. The summed E-state index contributed by atoms with van der Waals surface area (Å²) >= 11 is 0. The summed E-state index contributed by atoms with van der Waals surface area (Å²) in [4.78, 5) is 36.6. The first-order valence-electron chi connectivity index (χ1n) is 11.9. The van der Waals surface area contributed by atoms with Crippen molar-refractivity contribution in [1.82, 2.24) is 5.32 Å². The van der Waals surface area contributed by atoms with Crippen LogP contribution in [0.2, 0.25) is 0 Å².